The van der Waals surface area contributed by atoms with Gasteiger partial charge in [0.25, 0.3) is 0 Å². The highest BCUT2D eigenvalue weighted by molar-refractivity contribution is 5.34. The minimum Gasteiger partial charge on any atom is -0.492 e. The third-order valence-electron chi connectivity index (χ3n) is 3.69. The highest BCUT2D eigenvalue weighted by Gasteiger charge is 2.13. The molecule has 5 heteroatoms. The standard InChI is InChI=1S/C17H22N4O/c1-13-11-20-21(12-13)15(3)14(2)19-8-9-22-17-6-4-16(10-18)5-7-17/h4-7,11-12,14-15,19H,8-9H2,1-3H3/t14-,15+/m1/s1. The van der Waals surface area contributed by atoms with Crippen LogP contribution in [0.25, 0.3) is 0 Å². The van der Waals surface area contributed by atoms with E-state index in [0.29, 0.717) is 18.2 Å². The first-order chi connectivity index (χ1) is 10.6. The maximum Gasteiger partial charge on any atom is 0.119 e. The SMILES string of the molecule is Cc1cnn([C@@H](C)[C@@H](C)NCCOc2ccc(C#N)cc2)c1. The predicted molar refractivity (Wildman–Crippen MR) is 85.8 cm³/mol. The van der Waals surface area contributed by atoms with Gasteiger partial charge in [-0.15, -0.1) is 0 Å². The van der Waals surface area contributed by atoms with Gasteiger partial charge in [-0.3, -0.25) is 4.68 Å². The normalized spacial score (nSPS) is 13.4. The second-order valence-corrected chi connectivity index (χ2v) is 5.47. The number of benzene rings is 1. The highest BCUT2D eigenvalue weighted by atomic mass is 16.5. The number of nitriles is 1. The molecule has 0 spiro atoms. The molecule has 0 amide bonds. The molecule has 0 saturated heterocycles. The molecule has 0 bridgehead atoms. The average molecular weight is 298 g/mol. The van der Waals surface area contributed by atoms with Crippen LogP contribution in [0.5, 0.6) is 5.75 Å². The van der Waals surface area contributed by atoms with Crippen LogP contribution in [0.15, 0.2) is 36.7 Å². The molecule has 1 aromatic heterocycles. The maximum atomic E-state index is 8.74. The largest absolute Gasteiger partial charge is 0.492 e. The van der Waals surface area contributed by atoms with Crippen molar-refractivity contribution < 1.29 is 4.74 Å². The van der Waals surface area contributed by atoms with Gasteiger partial charge in [0.2, 0.25) is 0 Å². The molecule has 0 aliphatic carbocycles. The second-order valence-electron chi connectivity index (χ2n) is 5.47. The lowest BCUT2D eigenvalue weighted by Crippen LogP contribution is -2.36. The lowest BCUT2D eigenvalue weighted by atomic mass is 10.2. The Morgan fingerprint density at radius 1 is 1.32 bits per heavy atom. The van der Waals surface area contributed by atoms with Crippen molar-refractivity contribution in [2.75, 3.05) is 13.2 Å². The zero-order valence-corrected chi connectivity index (χ0v) is 13.3. The second kappa shape index (κ2) is 7.62. The van der Waals surface area contributed by atoms with Gasteiger partial charge in [-0.1, -0.05) is 0 Å². The van der Waals surface area contributed by atoms with Gasteiger partial charge in [0.05, 0.1) is 23.9 Å². The first kappa shape index (κ1) is 16.1. The molecule has 5 nitrogen and oxygen atoms in total. The van der Waals surface area contributed by atoms with E-state index in [1.54, 1.807) is 12.1 Å². The van der Waals surface area contributed by atoms with E-state index in [4.69, 9.17) is 10.00 Å². The highest BCUT2D eigenvalue weighted by Crippen LogP contribution is 2.12. The Hall–Kier alpha value is -2.32. The topological polar surface area (TPSA) is 62.9 Å². The van der Waals surface area contributed by atoms with Gasteiger partial charge in [-0.25, -0.2) is 0 Å². The van der Waals surface area contributed by atoms with E-state index in [0.717, 1.165) is 12.3 Å². The van der Waals surface area contributed by atoms with E-state index in [1.807, 2.05) is 29.9 Å². The lowest BCUT2D eigenvalue weighted by molar-refractivity contribution is 0.289. The minimum absolute atomic E-state index is 0.281. The van der Waals surface area contributed by atoms with Crippen molar-refractivity contribution in [2.24, 2.45) is 0 Å². The van der Waals surface area contributed by atoms with Crippen LogP contribution in [0.4, 0.5) is 0 Å². The summed E-state index contributed by atoms with van der Waals surface area (Å²) in [6.07, 6.45) is 3.92. The molecule has 0 saturated carbocycles. The van der Waals surface area contributed by atoms with Gasteiger partial charge in [-0.2, -0.15) is 10.4 Å². The Labute approximate surface area is 131 Å². The third kappa shape index (κ3) is 4.34. The van der Waals surface area contributed by atoms with Gasteiger partial charge in [0.1, 0.15) is 12.4 Å². The van der Waals surface area contributed by atoms with Gasteiger partial charge >= 0.3 is 0 Å². The molecule has 2 rings (SSSR count). The molecule has 2 atom stereocenters. The molecule has 0 aliphatic heterocycles. The van der Waals surface area contributed by atoms with Gasteiger partial charge in [0.15, 0.2) is 0 Å². The fourth-order valence-corrected chi connectivity index (χ4v) is 2.14. The number of hydrogen-bond donors (Lipinski definition) is 1. The van der Waals surface area contributed by atoms with Crippen molar-refractivity contribution in [3.8, 4) is 11.8 Å². The summed E-state index contributed by atoms with van der Waals surface area (Å²) in [5.41, 5.74) is 1.81. The number of aromatic nitrogens is 2. The van der Waals surface area contributed by atoms with Crippen LogP contribution in [-0.4, -0.2) is 29.0 Å². The predicted octanol–water partition coefficient (Wildman–Crippen LogP) is 2.68. The van der Waals surface area contributed by atoms with Crippen LogP contribution in [0.3, 0.4) is 0 Å². The average Bonchev–Trinajstić information content (AvgIpc) is 2.97. The molecular formula is C17H22N4O. The molecule has 0 aliphatic rings. The van der Waals surface area contributed by atoms with Gasteiger partial charge in [-0.05, 0) is 50.6 Å². The van der Waals surface area contributed by atoms with Crippen molar-refractivity contribution in [2.45, 2.75) is 32.9 Å². The Kier molecular flexibility index (Phi) is 5.56. The Morgan fingerprint density at radius 2 is 2.05 bits per heavy atom. The summed E-state index contributed by atoms with van der Waals surface area (Å²) in [4.78, 5) is 0. The van der Waals surface area contributed by atoms with Crippen molar-refractivity contribution in [3.05, 3.63) is 47.8 Å². The molecule has 0 fully saturated rings. The first-order valence-corrected chi connectivity index (χ1v) is 7.47. The molecule has 0 unspecified atom stereocenters. The summed E-state index contributed by atoms with van der Waals surface area (Å²) in [5, 5.41) is 16.5. The first-order valence-electron chi connectivity index (χ1n) is 7.47. The van der Waals surface area contributed by atoms with E-state index in [1.165, 1.54) is 5.56 Å². The number of nitrogens with zero attached hydrogens (tertiary/aromatic N) is 3. The Balaban J connectivity index is 1.72. The van der Waals surface area contributed by atoms with E-state index in [2.05, 4.69) is 36.5 Å². The summed E-state index contributed by atoms with van der Waals surface area (Å²) in [6, 6.07) is 9.81. The molecular weight excluding hydrogens is 276 g/mol. The Bertz CT molecular complexity index is 627. The van der Waals surface area contributed by atoms with Crippen LogP contribution in [-0.2, 0) is 0 Å². The summed E-state index contributed by atoms with van der Waals surface area (Å²) in [5.74, 6) is 0.782. The summed E-state index contributed by atoms with van der Waals surface area (Å²) >= 11 is 0. The Morgan fingerprint density at radius 3 is 2.64 bits per heavy atom. The van der Waals surface area contributed by atoms with Crippen LogP contribution in [0.1, 0.15) is 31.0 Å². The van der Waals surface area contributed by atoms with Crippen LogP contribution < -0.4 is 10.1 Å². The van der Waals surface area contributed by atoms with E-state index in [-0.39, 0.29) is 6.04 Å². The van der Waals surface area contributed by atoms with Crippen LogP contribution in [0, 0.1) is 18.3 Å². The third-order valence-corrected chi connectivity index (χ3v) is 3.69. The molecule has 22 heavy (non-hydrogen) atoms. The van der Waals surface area contributed by atoms with Crippen LogP contribution >= 0.6 is 0 Å². The molecule has 1 heterocycles. The van der Waals surface area contributed by atoms with Crippen LogP contribution in [0.2, 0.25) is 0 Å². The van der Waals surface area contributed by atoms with Crippen molar-refractivity contribution in [1.82, 2.24) is 15.1 Å². The van der Waals surface area contributed by atoms with Crippen molar-refractivity contribution in [3.63, 3.8) is 0 Å². The van der Waals surface area contributed by atoms with Crippen molar-refractivity contribution >= 4 is 0 Å². The summed E-state index contributed by atoms with van der Waals surface area (Å²) in [6.45, 7) is 7.67. The lowest BCUT2D eigenvalue weighted by Gasteiger charge is -2.21. The molecule has 1 N–H and O–H groups in total. The van der Waals surface area contributed by atoms with Crippen molar-refractivity contribution in [1.29, 1.82) is 5.26 Å². The fraction of sp³-hybridized carbons (Fsp3) is 0.412. The van der Waals surface area contributed by atoms with E-state index in [9.17, 15) is 0 Å². The minimum atomic E-state index is 0.281. The number of ether oxygens (including phenoxy) is 1. The van der Waals surface area contributed by atoms with Gasteiger partial charge < -0.3 is 10.1 Å². The van der Waals surface area contributed by atoms with Gasteiger partial charge in [0, 0.05) is 18.8 Å². The zero-order valence-electron chi connectivity index (χ0n) is 13.3. The number of hydrogen-bond acceptors (Lipinski definition) is 4. The van der Waals surface area contributed by atoms with E-state index >= 15 is 0 Å². The number of nitrogens with one attached hydrogen (secondary N) is 1. The molecule has 116 valence electrons. The summed E-state index contributed by atoms with van der Waals surface area (Å²) in [7, 11) is 0. The van der Waals surface area contributed by atoms with E-state index < -0.39 is 0 Å². The summed E-state index contributed by atoms with van der Waals surface area (Å²) < 4.78 is 7.63. The monoisotopic (exact) mass is 298 g/mol. The number of aryl methyl sites for hydroxylation is 1. The quantitative estimate of drug-likeness (QED) is 0.798. The molecule has 2 aromatic rings. The smallest absolute Gasteiger partial charge is 0.119 e. The molecule has 0 radical (unpaired) electrons. The molecule has 1 aromatic carbocycles. The number of rotatable bonds is 7. The zero-order chi connectivity index (χ0) is 15.9. The maximum absolute atomic E-state index is 8.74. The fourth-order valence-electron chi connectivity index (χ4n) is 2.14.